The Morgan fingerprint density at radius 1 is 0.806 bits per heavy atom. The number of rotatable bonds is 6. The molecule has 5 rings (SSSR count). The molecule has 1 amide bonds. The van der Waals surface area contributed by atoms with Crippen molar-refractivity contribution in [2.75, 3.05) is 0 Å². The van der Waals surface area contributed by atoms with E-state index >= 15 is 0 Å². The predicted octanol–water partition coefficient (Wildman–Crippen LogP) is 5.76. The minimum Gasteiger partial charge on any atom is -0.480 e. The van der Waals surface area contributed by atoms with Crippen LogP contribution in [0.25, 0.3) is 32.7 Å². The highest BCUT2D eigenvalue weighted by molar-refractivity contribution is 6.06. The summed E-state index contributed by atoms with van der Waals surface area (Å²) in [4.78, 5) is 28.8. The topological polar surface area (TPSA) is 79.3 Å². The van der Waals surface area contributed by atoms with Crippen LogP contribution in [0.3, 0.4) is 0 Å². The van der Waals surface area contributed by atoms with Crippen LogP contribution < -0.4 is 5.32 Å². The molecule has 1 aromatic heterocycles. The van der Waals surface area contributed by atoms with Gasteiger partial charge in [-0.15, -0.1) is 0 Å². The summed E-state index contributed by atoms with van der Waals surface area (Å²) in [6.45, 7) is 0. The first kappa shape index (κ1) is 23.1. The number of nitrogens with zero attached hydrogens (tertiary/aromatic N) is 1. The molecular formula is C29H20F2N2O3. The molecule has 36 heavy (non-hydrogen) atoms. The quantitative estimate of drug-likeness (QED) is 0.323. The average molecular weight is 482 g/mol. The largest absolute Gasteiger partial charge is 0.480 e. The summed E-state index contributed by atoms with van der Waals surface area (Å²) in [6.07, 6.45) is 3.47. The highest BCUT2D eigenvalue weighted by atomic mass is 19.1. The minimum absolute atomic E-state index is 0.0744. The van der Waals surface area contributed by atoms with Gasteiger partial charge in [0.25, 0.3) is 5.91 Å². The second kappa shape index (κ2) is 9.54. The number of carboxylic acid groups (broad SMARTS) is 1. The Morgan fingerprint density at radius 3 is 2.19 bits per heavy atom. The highest BCUT2D eigenvalue weighted by Gasteiger charge is 2.25. The molecule has 0 aliphatic heterocycles. The first-order chi connectivity index (χ1) is 17.4. The second-order valence-electron chi connectivity index (χ2n) is 8.39. The molecule has 0 bridgehead atoms. The molecule has 0 radical (unpaired) electrons. The number of pyridine rings is 1. The lowest BCUT2D eigenvalue weighted by Gasteiger charge is -2.17. The van der Waals surface area contributed by atoms with Gasteiger partial charge < -0.3 is 10.4 Å². The van der Waals surface area contributed by atoms with E-state index in [1.54, 1.807) is 12.3 Å². The number of carboxylic acids is 1. The number of hydrogen-bond donors (Lipinski definition) is 2. The fraction of sp³-hybridized carbons (Fsp3) is 0.0690. The monoisotopic (exact) mass is 482 g/mol. The third-order valence-electron chi connectivity index (χ3n) is 6.20. The van der Waals surface area contributed by atoms with Crippen LogP contribution in [0.2, 0.25) is 0 Å². The number of carbonyl (C=O) groups excluding carboxylic acids is 1. The lowest BCUT2D eigenvalue weighted by Crippen LogP contribution is -2.43. The number of aromatic nitrogens is 1. The van der Waals surface area contributed by atoms with Crippen molar-refractivity contribution in [2.24, 2.45) is 0 Å². The average Bonchev–Trinajstić information content (AvgIpc) is 2.87. The fourth-order valence-electron chi connectivity index (χ4n) is 4.50. The van der Waals surface area contributed by atoms with Gasteiger partial charge in [0.15, 0.2) is 0 Å². The zero-order valence-corrected chi connectivity index (χ0v) is 18.9. The Balaban J connectivity index is 1.53. The molecule has 0 saturated heterocycles. The molecular weight excluding hydrogens is 462 g/mol. The van der Waals surface area contributed by atoms with Crippen LogP contribution >= 0.6 is 0 Å². The van der Waals surface area contributed by atoms with Crippen LogP contribution in [0, 0.1) is 11.6 Å². The van der Waals surface area contributed by atoms with Gasteiger partial charge in [0.05, 0.1) is 0 Å². The van der Waals surface area contributed by atoms with Crippen molar-refractivity contribution < 1.29 is 23.5 Å². The van der Waals surface area contributed by atoms with Crippen molar-refractivity contribution in [2.45, 2.75) is 12.5 Å². The van der Waals surface area contributed by atoms with Gasteiger partial charge in [-0.2, -0.15) is 0 Å². The number of hydrogen-bond acceptors (Lipinski definition) is 3. The van der Waals surface area contributed by atoms with Crippen LogP contribution in [-0.4, -0.2) is 28.0 Å². The predicted molar refractivity (Wildman–Crippen MR) is 134 cm³/mol. The Kier molecular flexibility index (Phi) is 6.12. The Labute approximate surface area is 205 Å². The maximum absolute atomic E-state index is 14.1. The highest BCUT2D eigenvalue weighted by Crippen LogP contribution is 2.34. The maximum atomic E-state index is 14.1. The summed E-state index contributed by atoms with van der Waals surface area (Å²) in [5.74, 6) is -4.55. The van der Waals surface area contributed by atoms with Crippen LogP contribution in [0.1, 0.15) is 15.9 Å². The molecule has 2 N–H and O–H groups in total. The molecule has 178 valence electrons. The molecule has 0 aliphatic rings. The molecule has 0 unspecified atom stereocenters. The van der Waals surface area contributed by atoms with Gasteiger partial charge >= 0.3 is 5.97 Å². The van der Waals surface area contributed by atoms with Gasteiger partial charge in [0.1, 0.15) is 23.2 Å². The van der Waals surface area contributed by atoms with Crippen LogP contribution in [0.4, 0.5) is 8.78 Å². The van der Waals surface area contributed by atoms with E-state index in [2.05, 4.69) is 10.3 Å². The van der Waals surface area contributed by atoms with E-state index in [-0.39, 0.29) is 6.42 Å². The molecule has 0 aliphatic carbocycles. The van der Waals surface area contributed by atoms with Crippen molar-refractivity contribution in [3.8, 4) is 11.1 Å². The van der Waals surface area contributed by atoms with Crippen molar-refractivity contribution >= 4 is 33.4 Å². The fourth-order valence-corrected chi connectivity index (χ4v) is 4.50. The van der Waals surface area contributed by atoms with E-state index < -0.39 is 35.1 Å². The third kappa shape index (κ3) is 4.27. The van der Waals surface area contributed by atoms with E-state index in [1.165, 1.54) is 0 Å². The summed E-state index contributed by atoms with van der Waals surface area (Å²) in [5.41, 5.74) is 1.81. The Hall–Kier alpha value is -4.65. The first-order valence-corrected chi connectivity index (χ1v) is 11.3. The molecule has 7 heteroatoms. The molecule has 0 saturated carbocycles. The lowest BCUT2D eigenvalue weighted by molar-refractivity contribution is -0.139. The van der Waals surface area contributed by atoms with Crippen molar-refractivity contribution in [3.63, 3.8) is 0 Å². The summed E-state index contributed by atoms with van der Waals surface area (Å²) < 4.78 is 28.1. The van der Waals surface area contributed by atoms with Crippen molar-refractivity contribution in [3.05, 3.63) is 114 Å². The molecule has 0 spiro atoms. The second-order valence-corrected chi connectivity index (χ2v) is 8.39. The number of nitrogens with one attached hydrogen (secondary N) is 1. The maximum Gasteiger partial charge on any atom is 0.326 e. The van der Waals surface area contributed by atoms with E-state index in [0.717, 1.165) is 50.9 Å². The van der Waals surface area contributed by atoms with Crippen molar-refractivity contribution in [1.29, 1.82) is 0 Å². The van der Waals surface area contributed by atoms with Gasteiger partial charge in [-0.05, 0) is 51.0 Å². The zero-order chi connectivity index (χ0) is 25.2. The molecule has 1 atom stereocenters. The third-order valence-corrected chi connectivity index (χ3v) is 6.20. The first-order valence-electron chi connectivity index (χ1n) is 11.3. The van der Waals surface area contributed by atoms with Gasteiger partial charge in [-0.3, -0.25) is 9.78 Å². The number of fused-ring (bicyclic) bond motifs is 2. The molecule has 5 aromatic rings. The van der Waals surface area contributed by atoms with Gasteiger partial charge in [-0.25, -0.2) is 13.6 Å². The summed E-state index contributed by atoms with van der Waals surface area (Å²) in [6, 6.07) is 20.9. The Morgan fingerprint density at radius 2 is 1.44 bits per heavy atom. The molecule has 4 aromatic carbocycles. The SMILES string of the molecule is O=C(N[C@@H](Cc1cccc2c(-c3cccc4ccncc34)cccc12)C(=O)O)c1c(F)cccc1F. The summed E-state index contributed by atoms with van der Waals surface area (Å²) in [7, 11) is 0. The lowest BCUT2D eigenvalue weighted by atomic mass is 9.91. The smallest absolute Gasteiger partial charge is 0.326 e. The minimum atomic E-state index is -1.40. The van der Waals surface area contributed by atoms with Crippen LogP contribution in [0.15, 0.2) is 91.3 Å². The van der Waals surface area contributed by atoms with E-state index in [0.29, 0.717) is 5.56 Å². The number of benzene rings is 4. The van der Waals surface area contributed by atoms with E-state index in [4.69, 9.17) is 0 Å². The standard InChI is InChI=1S/C29H20F2N2O3/c30-24-11-4-12-25(31)27(24)28(34)33-26(29(35)36)15-18-6-2-8-20-19(18)7-3-10-21(20)22-9-1-5-17-13-14-32-16-23(17)22/h1-14,16,26H,15H2,(H,33,34)(H,35,36)/t26-/m0/s1. The van der Waals surface area contributed by atoms with E-state index in [1.807, 2.05) is 60.8 Å². The van der Waals surface area contributed by atoms with E-state index in [9.17, 15) is 23.5 Å². The van der Waals surface area contributed by atoms with Gasteiger partial charge in [-0.1, -0.05) is 60.7 Å². The van der Waals surface area contributed by atoms with Crippen LogP contribution in [-0.2, 0) is 11.2 Å². The Bertz CT molecular complexity index is 1610. The number of amides is 1. The molecule has 5 nitrogen and oxygen atoms in total. The summed E-state index contributed by atoms with van der Waals surface area (Å²) >= 11 is 0. The molecule has 1 heterocycles. The normalized spacial score (nSPS) is 11.9. The molecule has 0 fully saturated rings. The summed E-state index contributed by atoms with van der Waals surface area (Å²) in [5, 5.41) is 15.8. The van der Waals surface area contributed by atoms with Gasteiger partial charge in [0, 0.05) is 24.2 Å². The zero-order valence-electron chi connectivity index (χ0n) is 18.9. The van der Waals surface area contributed by atoms with Crippen LogP contribution in [0.5, 0.6) is 0 Å². The number of halogens is 2. The van der Waals surface area contributed by atoms with Crippen molar-refractivity contribution in [1.82, 2.24) is 10.3 Å². The number of carbonyl (C=O) groups is 2. The number of aliphatic carboxylic acids is 1. The van der Waals surface area contributed by atoms with Gasteiger partial charge in [0.2, 0.25) is 0 Å².